The molecule has 0 saturated carbocycles. The lowest BCUT2D eigenvalue weighted by atomic mass is 9.95. The molecule has 0 fully saturated rings. The fourth-order valence-corrected chi connectivity index (χ4v) is 2.00. The first kappa shape index (κ1) is 15.5. The molecule has 0 N–H and O–H groups in total. The van der Waals surface area contributed by atoms with Crippen LogP contribution in [0.3, 0.4) is 0 Å². The van der Waals surface area contributed by atoms with Gasteiger partial charge in [0.1, 0.15) is 0 Å². The number of hydrogen-bond donors (Lipinski definition) is 0. The van der Waals surface area contributed by atoms with E-state index in [4.69, 9.17) is 16.0 Å². The predicted octanol–water partition coefficient (Wildman–Crippen LogP) is 3.39. The van der Waals surface area contributed by atoms with Gasteiger partial charge >= 0.3 is 0 Å². The van der Waals surface area contributed by atoms with Crippen LogP contribution in [0.15, 0.2) is 28.7 Å². The minimum Gasteiger partial charge on any atom is -0.419 e. The summed E-state index contributed by atoms with van der Waals surface area (Å²) in [6, 6.07) is 7.14. The first-order chi connectivity index (χ1) is 9.77. The number of nitrogens with zero attached hydrogens (tertiary/aromatic N) is 3. The highest BCUT2D eigenvalue weighted by molar-refractivity contribution is 6.30. The van der Waals surface area contributed by atoms with E-state index in [2.05, 4.69) is 10.2 Å². The van der Waals surface area contributed by atoms with E-state index < -0.39 is 5.41 Å². The summed E-state index contributed by atoms with van der Waals surface area (Å²) in [6.45, 7) is 5.91. The van der Waals surface area contributed by atoms with Crippen molar-refractivity contribution in [2.75, 3.05) is 7.05 Å². The van der Waals surface area contributed by atoms with Crippen LogP contribution in [0.1, 0.15) is 26.7 Å². The number of rotatable bonds is 3. The van der Waals surface area contributed by atoms with E-state index in [0.29, 0.717) is 16.8 Å². The standard InChI is InChI=1S/C15H18ClN3O2/c1-15(2,3)14(20)19(4)9-12-17-18-13(21-12)10-5-7-11(16)8-6-10/h5-8H,9H2,1-4H3. The van der Waals surface area contributed by atoms with Crippen molar-refractivity contribution in [3.8, 4) is 11.5 Å². The van der Waals surface area contributed by atoms with Crippen molar-refractivity contribution in [1.29, 1.82) is 0 Å². The van der Waals surface area contributed by atoms with Gasteiger partial charge in [-0.25, -0.2) is 0 Å². The lowest BCUT2D eigenvalue weighted by Gasteiger charge is -2.24. The van der Waals surface area contributed by atoms with E-state index in [0.717, 1.165) is 5.56 Å². The van der Waals surface area contributed by atoms with Crippen molar-refractivity contribution >= 4 is 17.5 Å². The highest BCUT2D eigenvalue weighted by Crippen LogP contribution is 2.22. The Bertz CT molecular complexity index is 629. The van der Waals surface area contributed by atoms with E-state index in [1.807, 2.05) is 32.9 Å². The van der Waals surface area contributed by atoms with Gasteiger partial charge in [0.15, 0.2) is 0 Å². The summed E-state index contributed by atoms with van der Waals surface area (Å²) >= 11 is 5.84. The van der Waals surface area contributed by atoms with Crippen LogP contribution in [-0.4, -0.2) is 28.1 Å². The molecule has 2 aromatic rings. The topological polar surface area (TPSA) is 59.2 Å². The van der Waals surface area contributed by atoms with Crippen LogP contribution >= 0.6 is 11.6 Å². The smallest absolute Gasteiger partial charge is 0.247 e. The van der Waals surface area contributed by atoms with Gasteiger partial charge in [-0.05, 0) is 24.3 Å². The van der Waals surface area contributed by atoms with Crippen LogP contribution in [0, 0.1) is 5.41 Å². The Morgan fingerprint density at radius 3 is 2.43 bits per heavy atom. The summed E-state index contributed by atoms with van der Waals surface area (Å²) in [5.41, 5.74) is 0.358. The molecule has 6 heteroatoms. The summed E-state index contributed by atoms with van der Waals surface area (Å²) in [7, 11) is 1.72. The van der Waals surface area contributed by atoms with E-state index in [1.54, 1.807) is 24.1 Å². The first-order valence-corrected chi connectivity index (χ1v) is 6.99. The number of hydrogen-bond acceptors (Lipinski definition) is 4. The third kappa shape index (κ3) is 3.82. The van der Waals surface area contributed by atoms with Gasteiger partial charge in [-0.2, -0.15) is 0 Å². The van der Waals surface area contributed by atoms with Crippen LogP contribution in [0.4, 0.5) is 0 Å². The maximum atomic E-state index is 12.1. The summed E-state index contributed by atoms with van der Waals surface area (Å²) < 4.78 is 5.58. The van der Waals surface area contributed by atoms with Crippen molar-refractivity contribution in [3.63, 3.8) is 0 Å². The van der Waals surface area contributed by atoms with Gasteiger partial charge in [0.05, 0.1) is 6.54 Å². The molecule has 0 unspecified atom stereocenters. The second-order valence-corrected chi connectivity index (χ2v) is 6.36. The lowest BCUT2D eigenvalue weighted by molar-refractivity contribution is -0.138. The monoisotopic (exact) mass is 307 g/mol. The Morgan fingerprint density at radius 1 is 1.24 bits per heavy atom. The largest absolute Gasteiger partial charge is 0.419 e. The molecule has 0 aliphatic carbocycles. The molecule has 21 heavy (non-hydrogen) atoms. The normalized spacial score (nSPS) is 11.5. The third-order valence-electron chi connectivity index (χ3n) is 2.92. The quantitative estimate of drug-likeness (QED) is 0.872. The number of amides is 1. The van der Waals surface area contributed by atoms with Crippen LogP contribution in [0.5, 0.6) is 0 Å². The Morgan fingerprint density at radius 2 is 1.86 bits per heavy atom. The average Bonchev–Trinajstić information content (AvgIpc) is 2.86. The molecule has 1 heterocycles. The Labute approximate surface area is 128 Å². The van der Waals surface area contributed by atoms with Crippen LogP contribution < -0.4 is 0 Å². The van der Waals surface area contributed by atoms with E-state index in [1.165, 1.54) is 0 Å². The summed E-state index contributed by atoms with van der Waals surface area (Å²) in [5.74, 6) is 0.840. The molecule has 0 atom stereocenters. The second-order valence-electron chi connectivity index (χ2n) is 5.92. The van der Waals surface area contributed by atoms with E-state index in [-0.39, 0.29) is 12.5 Å². The Hall–Kier alpha value is -1.88. The Kier molecular flexibility index (Phi) is 4.32. The minimum atomic E-state index is -0.437. The molecule has 1 aromatic carbocycles. The van der Waals surface area contributed by atoms with Crippen LogP contribution in [-0.2, 0) is 11.3 Å². The number of carbonyl (C=O) groups is 1. The summed E-state index contributed by atoms with van der Waals surface area (Å²) in [6.07, 6.45) is 0. The highest BCUT2D eigenvalue weighted by Gasteiger charge is 2.26. The molecule has 0 aliphatic heterocycles. The third-order valence-corrected chi connectivity index (χ3v) is 3.17. The van der Waals surface area contributed by atoms with Gasteiger partial charge in [-0.3, -0.25) is 4.79 Å². The highest BCUT2D eigenvalue weighted by atomic mass is 35.5. The number of benzene rings is 1. The molecule has 0 spiro atoms. The SMILES string of the molecule is CN(Cc1nnc(-c2ccc(Cl)cc2)o1)C(=O)C(C)(C)C. The van der Waals surface area contributed by atoms with E-state index in [9.17, 15) is 4.79 Å². The Balaban J connectivity index is 2.10. The van der Waals surface area contributed by atoms with Gasteiger partial charge < -0.3 is 9.32 Å². The van der Waals surface area contributed by atoms with Gasteiger partial charge in [0.25, 0.3) is 0 Å². The molecule has 1 amide bonds. The molecule has 5 nitrogen and oxygen atoms in total. The minimum absolute atomic E-state index is 0.0220. The zero-order valence-corrected chi connectivity index (χ0v) is 13.3. The fourth-order valence-electron chi connectivity index (χ4n) is 1.87. The van der Waals surface area contributed by atoms with Gasteiger partial charge in [0.2, 0.25) is 17.7 Å². The number of halogens is 1. The van der Waals surface area contributed by atoms with Crippen LogP contribution in [0.25, 0.3) is 11.5 Å². The molecule has 2 rings (SSSR count). The predicted molar refractivity (Wildman–Crippen MR) is 80.7 cm³/mol. The molecule has 1 aromatic heterocycles. The fraction of sp³-hybridized carbons (Fsp3) is 0.400. The van der Waals surface area contributed by atoms with Gasteiger partial charge in [-0.1, -0.05) is 32.4 Å². The van der Waals surface area contributed by atoms with Gasteiger partial charge in [-0.15, -0.1) is 10.2 Å². The van der Waals surface area contributed by atoms with Crippen molar-refractivity contribution < 1.29 is 9.21 Å². The van der Waals surface area contributed by atoms with Gasteiger partial charge in [0, 0.05) is 23.0 Å². The van der Waals surface area contributed by atoms with Crippen molar-refractivity contribution in [3.05, 3.63) is 35.2 Å². The molecule has 0 saturated heterocycles. The lowest BCUT2D eigenvalue weighted by Crippen LogP contribution is -2.36. The van der Waals surface area contributed by atoms with Crippen molar-refractivity contribution in [2.24, 2.45) is 5.41 Å². The molecule has 0 radical (unpaired) electrons. The molecule has 112 valence electrons. The van der Waals surface area contributed by atoms with Crippen LogP contribution in [0.2, 0.25) is 5.02 Å². The summed E-state index contributed by atoms with van der Waals surface area (Å²) in [4.78, 5) is 13.7. The zero-order chi connectivity index (χ0) is 15.6. The number of aromatic nitrogens is 2. The maximum Gasteiger partial charge on any atom is 0.247 e. The molecule has 0 aliphatic rings. The maximum absolute atomic E-state index is 12.1. The first-order valence-electron chi connectivity index (χ1n) is 6.61. The molecule has 0 bridgehead atoms. The molecular formula is C15H18ClN3O2. The average molecular weight is 308 g/mol. The summed E-state index contributed by atoms with van der Waals surface area (Å²) in [5, 5.41) is 8.62. The second kappa shape index (κ2) is 5.85. The zero-order valence-electron chi connectivity index (χ0n) is 12.6. The molecular weight excluding hydrogens is 290 g/mol. The van der Waals surface area contributed by atoms with E-state index >= 15 is 0 Å². The van der Waals surface area contributed by atoms with Crippen molar-refractivity contribution in [1.82, 2.24) is 15.1 Å². The van der Waals surface area contributed by atoms with Crippen molar-refractivity contribution in [2.45, 2.75) is 27.3 Å². The number of carbonyl (C=O) groups excluding carboxylic acids is 1.